The molecule has 0 spiro atoms. The smallest absolute Gasteiger partial charge is 0.141 e. The maximum absolute atomic E-state index is 13.3. The highest BCUT2D eigenvalue weighted by atomic mass is 79.9. The molecule has 0 atom stereocenters. The standard InChI is InChI=1S/C17H17BrFNO/c1-11-8-14(5-6-16(11)19)21-17-7-2-12(9-15(17)18)10-20-13-3-4-13/h2,5-9,13,20H,3-4,10H2,1H3. The molecule has 2 aromatic carbocycles. The zero-order valence-electron chi connectivity index (χ0n) is 11.8. The van der Waals surface area contributed by atoms with Crippen LogP contribution in [0.5, 0.6) is 11.5 Å². The highest BCUT2D eigenvalue weighted by Crippen LogP contribution is 2.31. The molecule has 1 aliphatic carbocycles. The highest BCUT2D eigenvalue weighted by Gasteiger charge is 2.20. The molecule has 0 aliphatic heterocycles. The topological polar surface area (TPSA) is 21.3 Å². The minimum Gasteiger partial charge on any atom is -0.456 e. The summed E-state index contributed by atoms with van der Waals surface area (Å²) in [6.07, 6.45) is 2.57. The summed E-state index contributed by atoms with van der Waals surface area (Å²) in [7, 11) is 0. The Kier molecular flexibility index (Phi) is 4.27. The van der Waals surface area contributed by atoms with E-state index in [1.807, 2.05) is 12.1 Å². The van der Waals surface area contributed by atoms with Crippen molar-refractivity contribution in [3.05, 3.63) is 57.8 Å². The molecule has 0 bridgehead atoms. The first-order valence-electron chi connectivity index (χ1n) is 7.07. The molecule has 2 nitrogen and oxygen atoms in total. The van der Waals surface area contributed by atoms with Crippen LogP contribution in [-0.2, 0) is 6.54 Å². The van der Waals surface area contributed by atoms with Gasteiger partial charge in [0.25, 0.3) is 0 Å². The van der Waals surface area contributed by atoms with Gasteiger partial charge in [-0.2, -0.15) is 0 Å². The van der Waals surface area contributed by atoms with Crippen LogP contribution in [-0.4, -0.2) is 6.04 Å². The molecular formula is C17H17BrFNO. The van der Waals surface area contributed by atoms with Crippen LogP contribution < -0.4 is 10.1 Å². The van der Waals surface area contributed by atoms with Gasteiger partial charge < -0.3 is 10.1 Å². The van der Waals surface area contributed by atoms with E-state index in [1.54, 1.807) is 19.1 Å². The molecule has 1 fully saturated rings. The Labute approximate surface area is 132 Å². The Morgan fingerprint density at radius 3 is 2.71 bits per heavy atom. The molecule has 0 amide bonds. The minimum absolute atomic E-state index is 0.220. The van der Waals surface area contributed by atoms with E-state index in [-0.39, 0.29) is 5.82 Å². The van der Waals surface area contributed by atoms with Crippen molar-refractivity contribution in [2.24, 2.45) is 0 Å². The molecule has 21 heavy (non-hydrogen) atoms. The molecule has 1 aliphatic rings. The van der Waals surface area contributed by atoms with Gasteiger partial charge in [0.05, 0.1) is 4.47 Å². The second kappa shape index (κ2) is 6.16. The largest absolute Gasteiger partial charge is 0.456 e. The van der Waals surface area contributed by atoms with Crippen molar-refractivity contribution in [1.29, 1.82) is 0 Å². The van der Waals surface area contributed by atoms with Crippen molar-refractivity contribution in [3.63, 3.8) is 0 Å². The fraction of sp³-hybridized carbons (Fsp3) is 0.294. The van der Waals surface area contributed by atoms with Crippen LogP contribution in [0.2, 0.25) is 0 Å². The maximum Gasteiger partial charge on any atom is 0.141 e. The van der Waals surface area contributed by atoms with E-state index in [0.717, 1.165) is 16.8 Å². The fourth-order valence-electron chi connectivity index (χ4n) is 2.09. The summed E-state index contributed by atoms with van der Waals surface area (Å²) in [6, 6.07) is 11.5. The van der Waals surface area contributed by atoms with Crippen LogP contribution in [0.1, 0.15) is 24.0 Å². The number of aryl methyl sites for hydroxylation is 1. The molecule has 0 heterocycles. The van der Waals surface area contributed by atoms with E-state index in [1.165, 1.54) is 24.5 Å². The SMILES string of the molecule is Cc1cc(Oc2ccc(CNC3CC3)cc2Br)ccc1F. The first-order chi connectivity index (χ1) is 10.1. The van der Waals surface area contributed by atoms with Gasteiger partial charge in [-0.05, 0) is 77.2 Å². The number of ether oxygens (including phenoxy) is 1. The Bertz CT molecular complexity index is 655. The summed E-state index contributed by atoms with van der Waals surface area (Å²) in [6.45, 7) is 2.60. The minimum atomic E-state index is -0.220. The monoisotopic (exact) mass is 349 g/mol. The quantitative estimate of drug-likeness (QED) is 0.825. The van der Waals surface area contributed by atoms with Gasteiger partial charge in [-0.1, -0.05) is 6.07 Å². The molecule has 1 N–H and O–H groups in total. The van der Waals surface area contributed by atoms with Crippen molar-refractivity contribution in [1.82, 2.24) is 5.32 Å². The Balaban J connectivity index is 1.70. The van der Waals surface area contributed by atoms with E-state index < -0.39 is 0 Å². The van der Waals surface area contributed by atoms with Crippen molar-refractivity contribution < 1.29 is 9.13 Å². The predicted molar refractivity (Wildman–Crippen MR) is 85.2 cm³/mol. The molecule has 4 heteroatoms. The zero-order valence-corrected chi connectivity index (χ0v) is 13.4. The molecule has 0 aromatic heterocycles. The van der Waals surface area contributed by atoms with Crippen LogP contribution in [0.4, 0.5) is 4.39 Å². The van der Waals surface area contributed by atoms with E-state index in [2.05, 4.69) is 27.3 Å². The molecule has 110 valence electrons. The van der Waals surface area contributed by atoms with Gasteiger partial charge in [0.15, 0.2) is 0 Å². The van der Waals surface area contributed by atoms with Gasteiger partial charge in [0.2, 0.25) is 0 Å². The van der Waals surface area contributed by atoms with Crippen LogP contribution in [0.15, 0.2) is 40.9 Å². The van der Waals surface area contributed by atoms with E-state index >= 15 is 0 Å². The van der Waals surface area contributed by atoms with Gasteiger partial charge in [-0.3, -0.25) is 0 Å². The van der Waals surface area contributed by atoms with E-state index in [4.69, 9.17) is 4.74 Å². The first kappa shape index (κ1) is 14.5. The maximum atomic E-state index is 13.3. The lowest BCUT2D eigenvalue weighted by molar-refractivity contribution is 0.476. The molecule has 3 rings (SSSR count). The van der Waals surface area contributed by atoms with Crippen molar-refractivity contribution in [2.75, 3.05) is 0 Å². The number of hydrogen-bond donors (Lipinski definition) is 1. The number of nitrogens with one attached hydrogen (secondary N) is 1. The average molecular weight is 350 g/mol. The van der Waals surface area contributed by atoms with Gasteiger partial charge in [0, 0.05) is 12.6 Å². The number of benzene rings is 2. The molecule has 0 radical (unpaired) electrons. The molecule has 0 saturated heterocycles. The average Bonchev–Trinajstić information content (AvgIpc) is 3.27. The van der Waals surface area contributed by atoms with Crippen molar-refractivity contribution >= 4 is 15.9 Å². The number of halogens is 2. The number of rotatable bonds is 5. The summed E-state index contributed by atoms with van der Waals surface area (Å²) in [4.78, 5) is 0. The van der Waals surface area contributed by atoms with Crippen LogP contribution in [0.3, 0.4) is 0 Å². The molecular weight excluding hydrogens is 333 g/mol. The Morgan fingerprint density at radius 1 is 1.24 bits per heavy atom. The summed E-state index contributed by atoms with van der Waals surface area (Å²) < 4.78 is 20.0. The second-order valence-corrected chi connectivity index (χ2v) is 6.29. The zero-order chi connectivity index (χ0) is 14.8. The highest BCUT2D eigenvalue weighted by molar-refractivity contribution is 9.10. The summed E-state index contributed by atoms with van der Waals surface area (Å²) in [5.74, 6) is 1.15. The third-order valence-corrected chi connectivity index (χ3v) is 4.15. The summed E-state index contributed by atoms with van der Waals surface area (Å²) in [5, 5.41) is 3.48. The summed E-state index contributed by atoms with van der Waals surface area (Å²) in [5.41, 5.74) is 1.80. The lowest BCUT2D eigenvalue weighted by Gasteiger charge is -2.10. The van der Waals surface area contributed by atoms with Crippen molar-refractivity contribution in [3.8, 4) is 11.5 Å². The van der Waals surface area contributed by atoms with Gasteiger partial charge in [-0.25, -0.2) is 4.39 Å². The normalized spacial score (nSPS) is 14.2. The second-order valence-electron chi connectivity index (χ2n) is 5.43. The van der Waals surface area contributed by atoms with Gasteiger partial charge in [-0.15, -0.1) is 0 Å². The van der Waals surface area contributed by atoms with Crippen LogP contribution >= 0.6 is 15.9 Å². The van der Waals surface area contributed by atoms with Crippen molar-refractivity contribution in [2.45, 2.75) is 32.4 Å². The lowest BCUT2D eigenvalue weighted by Crippen LogP contribution is -2.15. The Hall–Kier alpha value is -1.39. The summed E-state index contributed by atoms with van der Waals surface area (Å²) >= 11 is 3.53. The molecule has 1 saturated carbocycles. The molecule has 2 aromatic rings. The van der Waals surface area contributed by atoms with Crippen LogP contribution in [0.25, 0.3) is 0 Å². The predicted octanol–water partition coefficient (Wildman–Crippen LogP) is 4.94. The van der Waals surface area contributed by atoms with E-state index in [9.17, 15) is 4.39 Å². The third-order valence-electron chi connectivity index (χ3n) is 3.53. The Morgan fingerprint density at radius 2 is 2.05 bits per heavy atom. The van der Waals surface area contributed by atoms with Gasteiger partial charge in [0.1, 0.15) is 17.3 Å². The third kappa shape index (κ3) is 3.83. The number of hydrogen-bond acceptors (Lipinski definition) is 2. The molecule has 0 unspecified atom stereocenters. The fourth-order valence-corrected chi connectivity index (χ4v) is 2.60. The first-order valence-corrected chi connectivity index (χ1v) is 7.87. The lowest BCUT2D eigenvalue weighted by atomic mass is 10.2. The van der Waals surface area contributed by atoms with Crippen LogP contribution in [0, 0.1) is 12.7 Å². The van der Waals surface area contributed by atoms with Gasteiger partial charge >= 0.3 is 0 Å². The van der Waals surface area contributed by atoms with E-state index in [0.29, 0.717) is 17.4 Å².